The first-order chi connectivity index (χ1) is 12.0. The molecular formula is C20H27N3O2. The highest BCUT2D eigenvalue weighted by Crippen LogP contribution is 2.20. The molecule has 2 heterocycles. The second kappa shape index (κ2) is 7.40. The summed E-state index contributed by atoms with van der Waals surface area (Å²) >= 11 is 0. The van der Waals surface area contributed by atoms with Gasteiger partial charge >= 0.3 is 0 Å². The number of rotatable bonds is 4. The minimum atomic E-state index is 0.108. The number of hydrogen-bond acceptors (Lipinski definition) is 3. The lowest BCUT2D eigenvalue weighted by atomic mass is 10.1. The molecule has 134 valence electrons. The molecule has 1 fully saturated rings. The highest BCUT2D eigenvalue weighted by atomic mass is 16.5. The largest absolute Gasteiger partial charge is 0.372 e. The molecule has 25 heavy (non-hydrogen) atoms. The Morgan fingerprint density at radius 2 is 1.80 bits per heavy atom. The predicted molar refractivity (Wildman–Crippen MR) is 97.9 cm³/mol. The van der Waals surface area contributed by atoms with E-state index in [0.29, 0.717) is 19.5 Å². The molecule has 3 rings (SSSR count). The summed E-state index contributed by atoms with van der Waals surface area (Å²) in [4.78, 5) is 14.5. The Hall–Kier alpha value is -2.14. The van der Waals surface area contributed by atoms with Gasteiger partial charge in [0, 0.05) is 25.2 Å². The molecule has 2 unspecified atom stereocenters. The summed E-state index contributed by atoms with van der Waals surface area (Å²) < 4.78 is 7.68. The number of carbonyl (C=O) groups excluding carboxylic acids is 1. The van der Waals surface area contributed by atoms with Crippen LogP contribution < -0.4 is 0 Å². The lowest BCUT2D eigenvalue weighted by molar-refractivity contribution is -0.143. The van der Waals surface area contributed by atoms with Crippen LogP contribution in [0.4, 0.5) is 0 Å². The first kappa shape index (κ1) is 17.7. The normalized spacial score (nSPS) is 20.7. The first-order valence-electron chi connectivity index (χ1n) is 8.99. The molecule has 5 nitrogen and oxygen atoms in total. The monoisotopic (exact) mass is 341 g/mol. The van der Waals surface area contributed by atoms with Crippen molar-refractivity contribution in [3.05, 3.63) is 47.3 Å². The van der Waals surface area contributed by atoms with Crippen LogP contribution in [0, 0.1) is 13.8 Å². The molecule has 1 saturated heterocycles. The number of carbonyl (C=O) groups is 1. The summed E-state index contributed by atoms with van der Waals surface area (Å²) in [6.07, 6.45) is 1.46. The Kier molecular flexibility index (Phi) is 5.23. The molecule has 0 aliphatic carbocycles. The number of hydrogen-bond donors (Lipinski definition) is 0. The average Bonchev–Trinajstić information content (AvgIpc) is 2.87. The lowest BCUT2D eigenvalue weighted by Gasteiger charge is -2.35. The molecule has 0 saturated carbocycles. The van der Waals surface area contributed by atoms with E-state index in [4.69, 9.17) is 4.74 Å². The van der Waals surface area contributed by atoms with E-state index >= 15 is 0 Å². The maximum absolute atomic E-state index is 12.6. The number of amides is 1. The summed E-state index contributed by atoms with van der Waals surface area (Å²) in [6, 6.07) is 10.1. The van der Waals surface area contributed by atoms with Crippen LogP contribution in [0.3, 0.4) is 0 Å². The zero-order valence-corrected chi connectivity index (χ0v) is 15.5. The van der Waals surface area contributed by atoms with Crippen LogP contribution in [0.1, 0.15) is 37.2 Å². The van der Waals surface area contributed by atoms with Crippen molar-refractivity contribution in [1.29, 1.82) is 0 Å². The van der Waals surface area contributed by atoms with Gasteiger partial charge in [0.1, 0.15) is 0 Å². The Bertz CT molecular complexity index is 729. The number of morpholine rings is 1. The second-order valence-electron chi connectivity index (χ2n) is 6.95. The fourth-order valence-corrected chi connectivity index (χ4v) is 3.63. The number of ether oxygens (including phenoxy) is 1. The molecule has 0 bridgehead atoms. The van der Waals surface area contributed by atoms with Gasteiger partial charge in [0.15, 0.2) is 0 Å². The fourth-order valence-electron chi connectivity index (χ4n) is 3.63. The van der Waals surface area contributed by atoms with Gasteiger partial charge in [-0.25, -0.2) is 4.68 Å². The maximum Gasteiger partial charge on any atom is 0.223 e. The molecule has 0 N–H and O–H groups in total. The van der Waals surface area contributed by atoms with Gasteiger partial charge in [-0.2, -0.15) is 5.10 Å². The van der Waals surface area contributed by atoms with Gasteiger partial charge in [0.2, 0.25) is 5.91 Å². The zero-order valence-electron chi connectivity index (χ0n) is 15.5. The van der Waals surface area contributed by atoms with Crippen LogP contribution >= 0.6 is 0 Å². The van der Waals surface area contributed by atoms with Crippen LogP contribution in [0.25, 0.3) is 5.69 Å². The summed E-state index contributed by atoms with van der Waals surface area (Å²) in [5, 5.41) is 4.67. The Balaban J connectivity index is 1.69. The van der Waals surface area contributed by atoms with Crippen LogP contribution in [-0.2, 0) is 16.0 Å². The topological polar surface area (TPSA) is 47.4 Å². The summed E-state index contributed by atoms with van der Waals surface area (Å²) in [7, 11) is 0. The Morgan fingerprint density at radius 1 is 1.16 bits per heavy atom. The third kappa shape index (κ3) is 3.93. The SMILES string of the molecule is Cc1nn(-c2ccccc2)c(C)c1CCC(=O)N1CC(C)OC(C)C1. The van der Waals surface area contributed by atoms with Crippen LogP contribution in [0.5, 0.6) is 0 Å². The molecule has 0 radical (unpaired) electrons. The second-order valence-corrected chi connectivity index (χ2v) is 6.95. The van der Waals surface area contributed by atoms with Crippen molar-refractivity contribution in [1.82, 2.24) is 14.7 Å². The van der Waals surface area contributed by atoms with E-state index in [9.17, 15) is 4.79 Å². The smallest absolute Gasteiger partial charge is 0.223 e. The quantitative estimate of drug-likeness (QED) is 0.859. The Morgan fingerprint density at radius 3 is 2.44 bits per heavy atom. The van der Waals surface area contributed by atoms with Crippen molar-refractivity contribution < 1.29 is 9.53 Å². The van der Waals surface area contributed by atoms with Gasteiger partial charge in [-0.15, -0.1) is 0 Å². The van der Waals surface area contributed by atoms with Gasteiger partial charge < -0.3 is 9.64 Å². The number of benzene rings is 1. The van der Waals surface area contributed by atoms with Crippen molar-refractivity contribution in [2.45, 2.75) is 52.7 Å². The zero-order chi connectivity index (χ0) is 18.0. The molecule has 0 spiro atoms. The van der Waals surface area contributed by atoms with E-state index < -0.39 is 0 Å². The lowest BCUT2D eigenvalue weighted by Crippen LogP contribution is -2.48. The molecule has 2 atom stereocenters. The van der Waals surface area contributed by atoms with E-state index in [1.807, 2.05) is 60.7 Å². The molecule has 1 aliphatic heterocycles. The van der Waals surface area contributed by atoms with Gasteiger partial charge in [-0.05, 0) is 51.8 Å². The fraction of sp³-hybridized carbons (Fsp3) is 0.500. The highest BCUT2D eigenvalue weighted by molar-refractivity contribution is 5.76. The number of nitrogens with zero attached hydrogens (tertiary/aromatic N) is 3. The van der Waals surface area contributed by atoms with E-state index in [-0.39, 0.29) is 18.1 Å². The van der Waals surface area contributed by atoms with Crippen molar-refractivity contribution in [2.75, 3.05) is 13.1 Å². The van der Waals surface area contributed by atoms with Gasteiger partial charge in [0.05, 0.1) is 23.6 Å². The molecular weight excluding hydrogens is 314 g/mol. The molecule has 2 aromatic rings. The number of aryl methyl sites for hydroxylation is 1. The predicted octanol–water partition coefficient (Wildman–Crippen LogP) is 3.06. The molecule has 1 amide bonds. The average molecular weight is 341 g/mol. The van der Waals surface area contributed by atoms with Crippen molar-refractivity contribution in [2.24, 2.45) is 0 Å². The molecule has 5 heteroatoms. The number of para-hydroxylation sites is 1. The van der Waals surface area contributed by atoms with Crippen LogP contribution in [-0.4, -0.2) is 45.9 Å². The highest BCUT2D eigenvalue weighted by Gasteiger charge is 2.26. The summed E-state index contributed by atoms with van der Waals surface area (Å²) in [6.45, 7) is 9.51. The molecule has 1 aromatic heterocycles. The van der Waals surface area contributed by atoms with Crippen LogP contribution in [0.2, 0.25) is 0 Å². The maximum atomic E-state index is 12.6. The van der Waals surface area contributed by atoms with Gasteiger partial charge in [-0.3, -0.25) is 4.79 Å². The molecule has 1 aliphatic rings. The third-order valence-corrected chi connectivity index (χ3v) is 4.80. The Labute approximate surface area is 149 Å². The first-order valence-corrected chi connectivity index (χ1v) is 8.99. The third-order valence-electron chi connectivity index (χ3n) is 4.80. The van der Waals surface area contributed by atoms with E-state index in [1.165, 1.54) is 5.56 Å². The van der Waals surface area contributed by atoms with Gasteiger partial charge in [-0.1, -0.05) is 18.2 Å². The van der Waals surface area contributed by atoms with Crippen molar-refractivity contribution in [3.63, 3.8) is 0 Å². The van der Waals surface area contributed by atoms with Crippen molar-refractivity contribution >= 4 is 5.91 Å². The minimum Gasteiger partial charge on any atom is -0.372 e. The van der Waals surface area contributed by atoms with Gasteiger partial charge in [0.25, 0.3) is 0 Å². The van der Waals surface area contributed by atoms with Crippen LogP contribution in [0.15, 0.2) is 30.3 Å². The van der Waals surface area contributed by atoms with E-state index in [2.05, 4.69) is 12.0 Å². The van der Waals surface area contributed by atoms with E-state index in [1.54, 1.807) is 0 Å². The summed E-state index contributed by atoms with van der Waals surface area (Å²) in [5.74, 6) is 0.202. The van der Waals surface area contributed by atoms with Crippen molar-refractivity contribution in [3.8, 4) is 5.69 Å². The summed E-state index contributed by atoms with van der Waals surface area (Å²) in [5.41, 5.74) is 4.33. The number of aromatic nitrogens is 2. The standard InChI is InChI=1S/C20H27N3O2/c1-14-12-22(13-15(2)25-14)20(24)11-10-19-16(3)21-23(17(19)4)18-8-6-5-7-9-18/h5-9,14-15H,10-13H2,1-4H3. The minimum absolute atomic E-state index is 0.108. The molecule has 1 aromatic carbocycles. The van der Waals surface area contributed by atoms with E-state index in [0.717, 1.165) is 23.5 Å².